The Hall–Kier alpha value is -3.09. The molecule has 1 N–H and O–H groups in total. The fourth-order valence-electron chi connectivity index (χ4n) is 2.71. The van der Waals surface area contributed by atoms with Crippen LogP contribution in [-0.2, 0) is 17.6 Å². The maximum absolute atomic E-state index is 12.7. The van der Waals surface area contributed by atoms with Crippen molar-refractivity contribution in [3.8, 4) is 17.0 Å². The molecule has 0 spiro atoms. The minimum atomic E-state index is -4.38. The van der Waals surface area contributed by atoms with Crippen LogP contribution in [0.4, 0.5) is 13.2 Å². The third-order valence-electron chi connectivity index (χ3n) is 4.22. The van der Waals surface area contributed by atoms with E-state index in [0.29, 0.717) is 22.6 Å². The molecule has 0 saturated heterocycles. The van der Waals surface area contributed by atoms with Crippen LogP contribution in [0.3, 0.4) is 0 Å². The van der Waals surface area contributed by atoms with Gasteiger partial charge in [-0.15, -0.1) is 0 Å². The predicted octanol–water partition coefficient (Wildman–Crippen LogP) is 4.98. The summed E-state index contributed by atoms with van der Waals surface area (Å²) in [6.07, 6.45) is -1.97. The average Bonchev–Trinajstić information content (AvgIpc) is 3.14. The van der Waals surface area contributed by atoms with Crippen molar-refractivity contribution in [1.29, 1.82) is 0 Å². The van der Waals surface area contributed by atoms with Gasteiger partial charge in [-0.05, 0) is 23.8 Å². The number of rotatable bonds is 6. The molecule has 0 fully saturated rings. The van der Waals surface area contributed by atoms with Gasteiger partial charge in [0.25, 0.3) is 0 Å². The number of aromatic amines is 1. The monoisotopic (exact) mass is 374 g/mol. The summed E-state index contributed by atoms with van der Waals surface area (Å²) in [7, 11) is 0. The molecule has 0 saturated carbocycles. The van der Waals surface area contributed by atoms with Crippen molar-refractivity contribution < 1.29 is 22.7 Å². The summed E-state index contributed by atoms with van der Waals surface area (Å²) in [5.41, 5.74) is 1.93. The van der Waals surface area contributed by atoms with Gasteiger partial charge < -0.3 is 9.53 Å². The van der Waals surface area contributed by atoms with E-state index in [-0.39, 0.29) is 12.5 Å². The number of hydrogen-bond acceptors (Lipinski definition) is 3. The van der Waals surface area contributed by atoms with Gasteiger partial charge in [0, 0.05) is 17.0 Å². The van der Waals surface area contributed by atoms with Crippen LogP contribution in [0.2, 0.25) is 0 Å². The smallest absolute Gasteiger partial charge is 0.416 e. The maximum Gasteiger partial charge on any atom is 0.416 e. The second kappa shape index (κ2) is 7.65. The van der Waals surface area contributed by atoms with Gasteiger partial charge in [0.05, 0.1) is 17.5 Å². The van der Waals surface area contributed by atoms with E-state index in [4.69, 9.17) is 4.74 Å². The highest BCUT2D eigenvalue weighted by atomic mass is 19.4. The SMILES string of the molecule is CC(C=O)c1ccccc1OCc1cn[nH]c1-c1ccc(C(F)(F)F)cc1. The van der Waals surface area contributed by atoms with Crippen molar-refractivity contribution in [1.82, 2.24) is 10.2 Å². The fraction of sp³-hybridized carbons (Fsp3) is 0.200. The number of para-hydroxylation sites is 1. The van der Waals surface area contributed by atoms with Crippen LogP contribution in [0, 0.1) is 0 Å². The van der Waals surface area contributed by atoms with Crippen LogP contribution in [0.15, 0.2) is 54.7 Å². The molecule has 0 aliphatic heterocycles. The first-order valence-corrected chi connectivity index (χ1v) is 8.27. The zero-order valence-corrected chi connectivity index (χ0v) is 14.5. The van der Waals surface area contributed by atoms with Gasteiger partial charge in [0.2, 0.25) is 0 Å². The second-order valence-corrected chi connectivity index (χ2v) is 6.10. The number of halogens is 3. The Kier molecular flexibility index (Phi) is 5.30. The summed E-state index contributed by atoms with van der Waals surface area (Å²) >= 11 is 0. The van der Waals surface area contributed by atoms with Crippen molar-refractivity contribution in [2.24, 2.45) is 0 Å². The molecule has 7 heteroatoms. The quantitative estimate of drug-likeness (QED) is 0.620. The Labute approximate surface area is 154 Å². The van der Waals surface area contributed by atoms with Crippen LogP contribution in [0.1, 0.15) is 29.5 Å². The average molecular weight is 374 g/mol. The number of ether oxygens (including phenoxy) is 1. The van der Waals surface area contributed by atoms with Crippen LogP contribution in [0.5, 0.6) is 5.75 Å². The molecule has 0 aliphatic carbocycles. The third kappa shape index (κ3) is 4.19. The summed E-state index contributed by atoms with van der Waals surface area (Å²) in [4.78, 5) is 11.1. The molecule has 0 aliphatic rings. The first kappa shape index (κ1) is 18.7. The Bertz CT molecular complexity index is 917. The summed E-state index contributed by atoms with van der Waals surface area (Å²) < 4.78 is 44.0. The van der Waals surface area contributed by atoms with E-state index in [0.717, 1.165) is 24.0 Å². The number of H-pyrrole nitrogens is 1. The molecule has 2 aromatic carbocycles. The summed E-state index contributed by atoms with van der Waals surface area (Å²) in [6, 6.07) is 12.1. The van der Waals surface area contributed by atoms with Crippen LogP contribution < -0.4 is 4.74 Å². The number of aldehydes is 1. The number of carbonyl (C=O) groups excluding carboxylic acids is 1. The fourth-order valence-corrected chi connectivity index (χ4v) is 2.71. The van der Waals surface area contributed by atoms with E-state index in [1.54, 1.807) is 19.2 Å². The topological polar surface area (TPSA) is 55.0 Å². The van der Waals surface area contributed by atoms with Gasteiger partial charge in [-0.2, -0.15) is 18.3 Å². The van der Waals surface area contributed by atoms with Gasteiger partial charge in [0.1, 0.15) is 18.6 Å². The van der Waals surface area contributed by atoms with Gasteiger partial charge in [0.15, 0.2) is 0 Å². The van der Waals surface area contributed by atoms with Crippen molar-refractivity contribution in [3.63, 3.8) is 0 Å². The Morgan fingerprint density at radius 1 is 1.15 bits per heavy atom. The first-order chi connectivity index (χ1) is 12.9. The molecular weight excluding hydrogens is 357 g/mol. The van der Waals surface area contributed by atoms with Crippen LogP contribution >= 0.6 is 0 Å². The molecule has 1 aromatic heterocycles. The number of aromatic nitrogens is 2. The van der Waals surface area contributed by atoms with Crippen molar-refractivity contribution in [3.05, 3.63) is 71.4 Å². The highest BCUT2D eigenvalue weighted by Crippen LogP contribution is 2.32. The minimum absolute atomic E-state index is 0.162. The number of nitrogens with one attached hydrogen (secondary N) is 1. The Morgan fingerprint density at radius 3 is 2.52 bits per heavy atom. The molecule has 3 aromatic rings. The van der Waals surface area contributed by atoms with Crippen molar-refractivity contribution in [2.75, 3.05) is 0 Å². The van der Waals surface area contributed by atoms with Gasteiger partial charge in [-0.3, -0.25) is 5.10 Å². The lowest BCUT2D eigenvalue weighted by Gasteiger charge is -2.13. The predicted molar refractivity (Wildman–Crippen MR) is 94.3 cm³/mol. The lowest BCUT2D eigenvalue weighted by atomic mass is 10.0. The standard InChI is InChI=1S/C20H17F3N2O2/c1-13(11-26)17-4-2-3-5-18(17)27-12-15-10-24-25-19(15)14-6-8-16(9-7-14)20(21,22)23/h2-11,13H,12H2,1H3,(H,24,25). The van der Waals surface area contributed by atoms with Crippen LogP contribution in [0.25, 0.3) is 11.3 Å². The maximum atomic E-state index is 12.7. The van der Waals surface area contributed by atoms with Crippen molar-refractivity contribution >= 4 is 6.29 Å². The van der Waals surface area contributed by atoms with E-state index in [2.05, 4.69) is 10.2 Å². The van der Waals surface area contributed by atoms with E-state index < -0.39 is 11.7 Å². The lowest BCUT2D eigenvalue weighted by Crippen LogP contribution is -2.04. The number of carbonyl (C=O) groups is 1. The van der Waals surface area contributed by atoms with Crippen molar-refractivity contribution in [2.45, 2.75) is 25.6 Å². The highest BCUT2D eigenvalue weighted by molar-refractivity contribution is 5.64. The second-order valence-electron chi connectivity index (χ2n) is 6.10. The molecule has 0 bridgehead atoms. The molecule has 1 heterocycles. The van der Waals surface area contributed by atoms with Gasteiger partial charge in [-0.25, -0.2) is 0 Å². The lowest BCUT2D eigenvalue weighted by molar-refractivity contribution is -0.137. The minimum Gasteiger partial charge on any atom is -0.488 e. The van der Waals surface area contributed by atoms with E-state index in [1.807, 2.05) is 18.2 Å². The van der Waals surface area contributed by atoms with Crippen LogP contribution in [-0.4, -0.2) is 16.5 Å². The van der Waals surface area contributed by atoms with E-state index in [9.17, 15) is 18.0 Å². The molecule has 140 valence electrons. The first-order valence-electron chi connectivity index (χ1n) is 8.27. The largest absolute Gasteiger partial charge is 0.488 e. The molecular formula is C20H17F3N2O2. The molecule has 27 heavy (non-hydrogen) atoms. The van der Waals surface area contributed by atoms with Gasteiger partial charge >= 0.3 is 6.18 Å². The third-order valence-corrected chi connectivity index (χ3v) is 4.22. The summed E-state index contributed by atoms with van der Waals surface area (Å²) in [5.74, 6) is 0.275. The molecule has 0 amide bonds. The molecule has 1 unspecified atom stereocenters. The zero-order valence-electron chi connectivity index (χ0n) is 14.5. The Morgan fingerprint density at radius 2 is 1.85 bits per heavy atom. The zero-order chi connectivity index (χ0) is 19.4. The molecule has 0 radical (unpaired) electrons. The van der Waals surface area contributed by atoms with E-state index >= 15 is 0 Å². The number of benzene rings is 2. The molecule has 1 atom stereocenters. The highest BCUT2D eigenvalue weighted by Gasteiger charge is 2.30. The number of nitrogens with zero attached hydrogens (tertiary/aromatic N) is 1. The van der Waals surface area contributed by atoms with E-state index in [1.165, 1.54) is 12.1 Å². The summed E-state index contributed by atoms with van der Waals surface area (Å²) in [6.45, 7) is 1.94. The normalized spacial score (nSPS) is 12.6. The number of hydrogen-bond donors (Lipinski definition) is 1. The number of alkyl halides is 3. The summed E-state index contributed by atoms with van der Waals surface area (Å²) in [5, 5.41) is 6.77. The van der Waals surface area contributed by atoms with Gasteiger partial charge in [-0.1, -0.05) is 37.3 Å². The molecule has 3 rings (SSSR count). The Balaban J connectivity index is 1.80. The molecule has 4 nitrogen and oxygen atoms in total.